The number of carboxylic acid groups (broad SMARTS) is 1. The van der Waals surface area contributed by atoms with Crippen LogP contribution in [0.2, 0.25) is 0 Å². The Labute approximate surface area is 197 Å². The van der Waals surface area contributed by atoms with Gasteiger partial charge in [-0.15, -0.1) is 5.10 Å². The number of aromatic nitrogens is 6. The molecule has 11 heteroatoms. The monoisotopic (exact) mass is 471 g/mol. The summed E-state index contributed by atoms with van der Waals surface area (Å²) in [5, 5.41) is 21.5. The van der Waals surface area contributed by atoms with Crippen molar-refractivity contribution in [3.8, 4) is 39.9 Å². The molecule has 0 aliphatic heterocycles. The number of carboxylic acids is 1. The number of hydrogen-bond acceptors (Lipinski definition) is 8. The first kappa shape index (κ1) is 22.0. The van der Waals surface area contributed by atoms with Gasteiger partial charge >= 0.3 is 5.97 Å². The third-order valence-electron chi connectivity index (χ3n) is 5.29. The fourth-order valence-corrected chi connectivity index (χ4v) is 3.60. The van der Waals surface area contributed by atoms with E-state index in [4.69, 9.17) is 15.4 Å². The minimum absolute atomic E-state index is 0.0852. The molecule has 0 bridgehead atoms. The highest BCUT2D eigenvalue weighted by Crippen LogP contribution is 2.32. The van der Waals surface area contributed by atoms with Crippen LogP contribution in [0.4, 0.5) is 4.39 Å². The molecule has 3 aromatic heterocycles. The summed E-state index contributed by atoms with van der Waals surface area (Å²) in [6.07, 6.45) is 3.35. The highest BCUT2D eigenvalue weighted by molar-refractivity contribution is 5.76. The Bertz CT molecular complexity index is 1500. The molecule has 0 aliphatic rings. The fraction of sp³-hybridized carbons (Fsp3) is 0.0833. The molecule has 0 spiro atoms. The molecule has 0 aliphatic carbocycles. The Hall–Kier alpha value is -4.77. The van der Waals surface area contributed by atoms with Crippen LogP contribution in [0, 0.1) is 5.82 Å². The first-order valence-electron chi connectivity index (χ1n) is 10.5. The predicted octanol–water partition coefficient (Wildman–Crippen LogP) is 3.14. The zero-order valence-corrected chi connectivity index (χ0v) is 18.1. The van der Waals surface area contributed by atoms with E-state index in [9.17, 15) is 9.18 Å². The number of benzene rings is 2. The number of halogens is 1. The molecule has 1 atom stereocenters. The average molecular weight is 471 g/mol. The Morgan fingerprint density at radius 1 is 1.09 bits per heavy atom. The van der Waals surface area contributed by atoms with E-state index in [0.29, 0.717) is 22.4 Å². The lowest BCUT2D eigenvalue weighted by Gasteiger charge is -2.08. The normalized spacial score (nSPS) is 11.9. The zero-order chi connectivity index (χ0) is 24.4. The first-order valence-corrected chi connectivity index (χ1v) is 10.5. The van der Waals surface area contributed by atoms with Crippen LogP contribution in [0.1, 0.15) is 5.56 Å². The summed E-state index contributed by atoms with van der Waals surface area (Å²) < 4.78 is 21.5. The van der Waals surface area contributed by atoms with Crippen molar-refractivity contribution in [3.63, 3.8) is 0 Å². The molecule has 3 N–H and O–H groups in total. The maximum Gasteiger partial charge on any atom is 0.320 e. The molecule has 0 radical (unpaired) electrons. The van der Waals surface area contributed by atoms with Crippen molar-refractivity contribution in [3.05, 3.63) is 84.4 Å². The van der Waals surface area contributed by atoms with Crippen molar-refractivity contribution in [2.45, 2.75) is 12.5 Å². The summed E-state index contributed by atoms with van der Waals surface area (Å²) >= 11 is 0. The van der Waals surface area contributed by atoms with Gasteiger partial charge in [0, 0.05) is 23.5 Å². The number of para-hydroxylation sites is 1. The Morgan fingerprint density at radius 2 is 1.89 bits per heavy atom. The van der Waals surface area contributed by atoms with Crippen molar-refractivity contribution in [1.82, 2.24) is 30.1 Å². The number of aliphatic carboxylic acids is 1. The van der Waals surface area contributed by atoms with Gasteiger partial charge in [-0.3, -0.25) is 9.78 Å². The number of hydrogen-bond donors (Lipinski definition) is 2. The van der Waals surface area contributed by atoms with E-state index in [-0.39, 0.29) is 29.5 Å². The lowest BCUT2D eigenvalue weighted by Crippen LogP contribution is -2.32. The maximum absolute atomic E-state index is 14.6. The number of nitrogens with zero attached hydrogens (tertiary/aromatic N) is 6. The van der Waals surface area contributed by atoms with Crippen LogP contribution in [-0.4, -0.2) is 47.2 Å². The Morgan fingerprint density at radius 3 is 2.66 bits per heavy atom. The summed E-state index contributed by atoms with van der Waals surface area (Å²) in [6.45, 7) is 0. The summed E-state index contributed by atoms with van der Waals surface area (Å²) in [6, 6.07) is 15.7. The van der Waals surface area contributed by atoms with Crippen molar-refractivity contribution in [1.29, 1.82) is 0 Å². The summed E-state index contributed by atoms with van der Waals surface area (Å²) in [7, 11) is 0. The fourth-order valence-electron chi connectivity index (χ4n) is 3.60. The van der Waals surface area contributed by atoms with Crippen molar-refractivity contribution in [2.75, 3.05) is 0 Å². The molecule has 2 aromatic carbocycles. The number of nitrogens with two attached hydrogens (primary N) is 1. The average Bonchev–Trinajstić information content (AvgIpc) is 3.53. The van der Waals surface area contributed by atoms with Gasteiger partial charge in [-0.05, 0) is 42.3 Å². The van der Waals surface area contributed by atoms with E-state index < -0.39 is 17.8 Å². The first-order chi connectivity index (χ1) is 17.0. The van der Waals surface area contributed by atoms with Gasteiger partial charge in [0.05, 0.1) is 0 Å². The quantitative estimate of drug-likeness (QED) is 0.365. The molecular weight excluding hydrogens is 453 g/mol. The minimum atomic E-state index is -1.08. The molecule has 10 nitrogen and oxygen atoms in total. The second kappa shape index (κ2) is 9.23. The SMILES string of the molecule is NC(Cc1cccc(-c2noc(-c3nnn(-c4ccccc4F)c3-c3ccncc3)n2)c1)C(=O)O. The smallest absolute Gasteiger partial charge is 0.320 e. The predicted molar refractivity (Wildman–Crippen MR) is 123 cm³/mol. The third-order valence-corrected chi connectivity index (χ3v) is 5.29. The van der Waals surface area contributed by atoms with Gasteiger partial charge in [0.15, 0.2) is 5.69 Å². The Kier molecular flexibility index (Phi) is 5.81. The minimum Gasteiger partial charge on any atom is -0.480 e. The van der Waals surface area contributed by atoms with Crippen LogP contribution in [0.15, 0.2) is 77.6 Å². The maximum atomic E-state index is 14.6. The molecular formula is C24H18FN7O3. The standard InChI is InChI=1S/C24H18FN7O3/c25-17-6-1-2-7-19(17)32-21(15-8-10-27-11-9-15)20(29-31-32)23-28-22(30-35-23)16-5-3-4-14(12-16)13-18(26)24(33)34/h1-12,18H,13,26H2,(H,33,34). The van der Waals surface area contributed by atoms with E-state index in [1.165, 1.54) is 10.7 Å². The van der Waals surface area contributed by atoms with Gasteiger partial charge in [-0.1, -0.05) is 40.7 Å². The van der Waals surface area contributed by atoms with Gasteiger partial charge in [0.2, 0.25) is 5.82 Å². The highest BCUT2D eigenvalue weighted by Gasteiger charge is 2.24. The van der Waals surface area contributed by atoms with Crippen LogP contribution in [-0.2, 0) is 11.2 Å². The molecule has 1 unspecified atom stereocenters. The molecule has 0 fully saturated rings. The van der Waals surface area contributed by atoms with Crippen LogP contribution in [0.5, 0.6) is 0 Å². The van der Waals surface area contributed by atoms with Crippen LogP contribution in [0.3, 0.4) is 0 Å². The molecule has 0 saturated carbocycles. The molecule has 5 rings (SSSR count). The van der Waals surface area contributed by atoms with Crippen molar-refractivity contribution in [2.24, 2.45) is 5.73 Å². The second-order valence-corrected chi connectivity index (χ2v) is 7.66. The summed E-state index contributed by atoms with van der Waals surface area (Å²) in [5.41, 5.74) is 8.58. The molecule has 0 amide bonds. The van der Waals surface area contributed by atoms with Crippen LogP contribution in [0.25, 0.3) is 39.9 Å². The number of pyridine rings is 1. The lowest BCUT2D eigenvalue weighted by molar-refractivity contribution is -0.138. The van der Waals surface area contributed by atoms with Gasteiger partial charge in [0.25, 0.3) is 5.89 Å². The van der Waals surface area contributed by atoms with E-state index in [1.54, 1.807) is 67.0 Å². The van der Waals surface area contributed by atoms with Gasteiger partial charge < -0.3 is 15.4 Å². The van der Waals surface area contributed by atoms with Gasteiger partial charge in [-0.2, -0.15) is 4.98 Å². The molecule has 35 heavy (non-hydrogen) atoms. The highest BCUT2D eigenvalue weighted by atomic mass is 19.1. The summed E-state index contributed by atoms with van der Waals surface area (Å²) in [4.78, 5) is 19.6. The van der Waals surface area contributed by atoms with Crippen LogP contribution < -0.4 is 5.73 Å². The number of rotatable bonds is 7. The van der Waals surface area contributed by atoms with Crippen LogP contribution >= 0.6 is 0 Å². The second-order valence-electron chi connectivity index (χ2n) is 7.66. The van der Waals surface area contributed by atoms with Crippen molar-refractivity contribution < 1.29 is 18.8 Å². The van der Waals surface area contributed by atoms with Crippen molar-refractivity contribution >= 4 is 5.97 Å². The molecule has 174 valence electrons. The third kappa shape index (κ3) is 4.39. The van der Waals surface area contributed by atoms with E-state index in [1.807, 2.05) is 0 Å². The topological polar surface area (TPSA) is 146 Å². The summed E-state index contributed by atoms with van der Waals surface area (Å²) in [5.74, 6) is -1.20. The number of carbonyl (C=O) groups is 1. The lowest BCUT2D eigenvalue weighted by atomic mass is 10.0. The molecule has 3 heterocycles. The molecule has 5 aromatic rings. The Balaban J connectivity index is 1.56. The van der Waals surface area contributed by atoms with E-state index in [2.05, 4.69) is 25.4 Å². The molecule has 0 saturated heterocycles. The zero-order valence-electron chi connectivity index (χ0n) is 18.1. The van der Waals surface area contributed by atoms with Gasteiger partial charge in [-0.25, -0.2) is 9.07 Å². The largest absolute Gasteiger partial charge is 0.480 e. The van der Waals surface area contributed by atoms with E-state index >= 15 is 0 Å². The van der Waals surface area contributed by atoms with Gasteiger partial charge in [0.1, 0.15) is 23.2 Å². The van der Waals surface area contributed by atoms with E-state index in [0.717, 1.165) is 0 Å².